The van der Waals surface area contributed by atoms with Crippen molar-refractivity contribution in [2.75, 3.05) is 23.3 Å². The van der Waals surface area contributed by atoms with Crippen molar-refractivity contribution in [2.24, 2.45) is 0 Å². The number of amides is 2. The van der Waals surface area contributed by atoms with E-state index in [-0.39, 0.29) is 18.4 Å². The minimum atomic E-state index is -0.303. The largest absolute Gasteiger partial charge is 0.372 e. The normalized spacial score (nSPS) is 14.3. The van der Waals surface area contributed by atoms with E-state index in [0.717, 1.165) is 24.3 Å². The van der Waals surface area contributed by atoms with Crippen LogP contribution in [0, 0.1) is 5.82 Å². The number of piperidine rings is 1. The minimum Gasteiger partial charge on any atom is -0.372 e. The number of urea groups is 1. The minimum absolute atomic E-state index is 0.287. The molecular weight excluding hydrogens is 305 g/mol. The fourth-order valence-corrected chi connectivity index (χ4v) is 2.91. The van der Waals surface area contributed by atoms with Crippen molar-refractivity contribution in [3.05, 3.63) is 59.9 Å². The van der Waals surface area contributed by atoms with Crippen LogP contribution in [0.5, 0.6) is 0 Å². The molecule has 1 aliphatic rings. The maximum absolute atomic E-state index is 13.1. The molecule has 126 valence electrons. The number of halogens is 1. The van der Waals surface area contributed by atoms with Crippen LogP contribution in [0.3, 0.4) is 0 Å². The molecule has 0 aliphatic carbocycles. The smallest absolute Gasteiger partial charge is 0.319 e. The number of nitrogens with zero attached hydrogens (tertiary/aromatic N) is 1. The summed E-state index contributed by atoms with van der Waals surface area (Å²) in [6.45, 7) is 2.48. The number of anilines is 2. The van der Waals surface area contributed by atoms with Gasteiger partial charge in [0.15, 0.2) is 0 Å². The number of nitrogens with one attached hydrogen (secondary N) is 2. The molecule has 0 unspecified atom stereocenters. The van der Waals surface area contributed by atoms with Gasteiger partial charge in [0.2, 0.25) is 0 Å². The highest BCUT2D eigenvalue weighted by Crippen LogP contribution is 2.21. The van der Waals surface area contributed by atoms with Crippen LogP contribution in [0.1, 0.15) is 24.8 Å². The zero-order valence-corrected chi connectivity index (χ0v) is 13.6. The Morgan fingerprint density at radius 3 is 2.50 bits per heavy atom. The number of hydrogen-bond donors (Lipinski definition) is 2. The van der Waals surface area contributed by atoms with Crippen LogP contribution in [-0.4, -0.2) is 19.1 Å². The van der Waals surface area contributed by atoms with Gasteiger partial charge < -0.3 is 15.5 Å². The van der Waals surface area contributed by atoms with E-state index in [1.807, 2.05) is 24.3 Å². The molecule has 24 heavy (non-hydrogen) atoms. The number of hydrogen-bond acceptors (Lipinski definition) is 2. The molecule has 0 spiro atoms. The van der Waals surface area contributed by atoms with E-state index in [2.05, 4.69) is 15.5 Å². The van der Waals surface area contributed by atoms with E-state index in [1.165, 1.54) is 37.1 Å². The molecule has 2 amide bonds. The lowest BCUT2D eigenvalue weighted by atomic mass is 10.1. The number of benzene rings is 2. The van der Waals surface area contributed by atoms with Crippen LogP contribution in [0.15, 0.2) is 48.5 Å². The summed E-state index contributed by atoms with van der Waals surface area (Å²) in [6, 6.07) is 13.8. The molecule has 2 aromatic rings. The Labute approximate surface area is 141 Å². The first-order valence-electron chi connectivity index (χ1n) is 8.35. The van der Waals surface area contributed by atoms with Crippen molar-refractivity contribution in [3.63, 3.8) is 0 Å². The predicted octanol–water partition coefficient (Wildman–Crippen LogP) is 4.14. The molecule has 0 radical (unpaired) electrons. The van der Waals surface area contributed by atoms with Gasteiger partial charge in [-0.25, -0.2) is 9.18 Å². The van der Waals surface area contributed by atoms with E-state index >= 15 is 0 Å². The second-order valence-corrected chi connectivity index (χ2v) is 6.03. The Hall–Kier alpha value is -2.56. The quantitative estimate of drug-likeness (QED) is 0.886. The molecule has 1 heterocycles. The molecule has 1 saturated heterocycles. The lowest BCUT2D eigenvalue weighted by Gasteiger charge is -2.28. The van der Waals surface area contributed by atoms with Gasteiger partial charge >= 0.3 is 6.03 Å². The molecule has 0 aromatic heterocycles. The summed E-state index contributed by atoms with van der Waals surface area (Å²) in [7, 11) is 0. The molecule has 0 atom stereocenters. The first-order chi connectivity index (χ1) is 11.7. The van der Waals surface area contributed by atoms with E-state index in [9.17, 15) is 9.18 Å². The zero-order valence-electron chi connectivity index (χ0n) is 13.6. The second-order valence-electron chi connectivity index (χ2n) is 6.03. The highest BCUT2D eigenvalue weighted by molar-refractivity contribution is 5.89. The van der Waals surface area contributed by atoms with Crippen molar-refractivity contribution in [1.29, 1.82) is 0 Å². The summed E-state index contributed by atoms with van der Waals surface area (Å²) in [5.74, 6) is -0.303. The molecule has 1 fully saturated rings. The molecule has 0 bridgehead atoms. The highest BCUT2D eigenvalue weighted by atomic mass is 19.1. The third kappa shape index (κ3) is 4.47. The molecular formula is C19H22FN3O. The molecule has 4 nitrogen and oxygen atoms in total. The standard InChI is InChI=1S/C19H22FN3O/c20-16-6-4-5-15(13-16)14-21-19(24)22-17-7-9-18(10-8-17)23-11-2-1-3-12-23/h4-10,13H,1-3,11-12,14H2,(H2,21,22,24). The van der Waals surface area contributed by atoms with Gasteiger partial charge in [-0.1, -0.05) is 12.1 Å². The summed E-state index contributed by atoms with van der Waals surface area (Å²) in [5, 5.41) is 5.52. The van der Waals surface area contributed by atoms with E-state index < -0.39 is 0 Å². The maximum atomic E-state index is 13.1. The van der Waals surface area contributed by atoms with E-state index in [0.29, 0.717) is 0 Å². The number of carbonyl (C=O) groups excluding carboxylic acids is 1. The summed E-state index contributed by atoms with van der Waals surface area (Å²) in [5.41, 5.74) is 2.67. The average molecular weight is 327 g/mol. The Morgan fingerprint density at radius 1 is 1.04 bits per heavy atom. The van der Waals surface area contributed by atoms with Crippen molar-refractivity contribution >= 4 is 17.4 Å². The number of carbonyl (C=O) groups is 1. The Morgan fingerprint density at radius 2 is 1.79 bits per heavy atom. The molecule has 1 aliphatic heterocycles. The summed E-state index contributed by atoms with van der Waals surface area (Å²) >= 11 is 0. The molecule has 0 saturated carbocycles. The molecule has 2 N–H and O–H groups in total. The van der Waals surface area contributed by atoms with E-state index in [4.69, 9.17) is 0 Å². The predicted molar refractivity (Wildman–Crippen MR) is 94.8 cm³/mol. The molecule has 3 rings (SSSR count). The van der Waals surface area contributed by atoms with E-state index in [1.54, 1.807) is 12.1 Å². The monoisotopic (exact) mass is 327 g/mol. The van der Waals surface area contributed by atoms with Crippen LogP contribution < -0.4 is 15.5 Å². The number of rotatable bonds is 4. The Balaban J connectivity index is 1.50. The van der Waals surface area contributed by atoms with Gasteiger partial charge in [-0.2, -0.15) is 0 Å². The Bertz CT molecular complexity index is 681. The van der Waals surface area contributed by atoms with Crippen LogP contribution in [0.2, 0.25) is 0 Å². The second kappa shape index (κ2) is 7.81. The van der Waals surface area contributed by atoms with Crippen LogP contribution >= 0.6 is 0 Å². The van der Waals surface area contributed by atoms with Gasteiger partial charge in [0.1, 0.15) is 5.82 Å². The lowest BCUT2D eigenvalue weighted by molar-refractivity contribution is 0.251. The third-order valence-electron chi connectivity index (χ3n) is 4.19. The summed E-state index contributed by atoms with van der Waals surface area (Å²) < 4.78 is 13.1. The molecule has 5 heteroatoms. The maximum Gasteiger partial charge on any atom is 0.319 e. The van der Waals surface area contributed by atoms with Crippen molar-refractivity contribution in [1.82, 2.24) is 5.32 Å². The fourth-order valence-electron chi connectivity index (χ4n) is 2.91. The summed E-state index contributed by atoms with van der Waals surface area (Å²) in [6.07, 6.45) is 3.78. The fraction of sp³-hybridized carbons (Fsp3) is 0.316. The third-order valence-corrected chi connectivity index (χ3v) is 4.19. The van der Waals surface area contributed by atoms with Gasteiger partial charge in [0.05, 0.1) is 0 Å². The zero-order chi connectivity index (χ0) is 16.8. The van der Waals surface area contributed by atoms with Crippen LogP contribution in [-0.2, 0) is 6.54 Å². The van der Waals surface area contributed by atoms with Gasteiger partial charge in [-0.3, -0.25) is 0 Å². The van der Waals surface area contributed by atoms with Crippen LogP contribution in [0.4, 0.5) is 20.6 Å². The average Bonchev–Trinajstić information content (AvgIpc) is 2.61. The van der Waals surface area contributed by atoms with Crippen molar-refractivity contribution in [3.8, 4) is 0 Å². The van der Waals surface area contributed by atoms with Gasteiger partial charge in [-0.15, -0.1) is 0 Å². The van der Waals surface area contributed by atoms with Crippen molar-refractivity contribution in [2.45, 2.75) is 25.8 Å². The van der Waals surface area contributed by atoms with Crippen LogP contribution in [0.25, 0.3) is 0 Å². The van der Waals surface area contributed by atoms with Gasteiger partial charge in [-0.05, 0) is 61.2 Å². The topological polar surface area (TPSA) is 44.4 Å². The Kier molecular flexibility index (Phi) is 5.31. The lowest BCUT2D eigenvalue weighted by Crippen LogP contribution is -2.29. The SMILES string of the molecule is O=C(NCc1cccc(F)c1)Nc1ccc(N2CCCCC2)cc1. The van der Waals surface area contributed by atoms with Crippen molar-refractivity contribution < 1.29 is 9.18 Å². The first kappa shape index (κ1) is 16.3. The van der Waals surface area contributed by atoms with Gasteiger partial charge in [0.25, 0.3) is 0 Å². The summed E-state index contributed by atoms with van der Waals surface area (Å²) in [4.78, 5) is 14.3. The van der Waals surface area contributed by atoms with Gasteiger partial charge in [0, 0.05) is 31.0 Å². The highest BCUT2D eigenvalue weighted by Gasteiger charge is 2.10. The molecule has 2 aromatic carbocycles. The first-order valence-corrected chi connectivity index (χ1v) is 8.35.